The second kappa shape index (κ2) is 6.31. The van der Waals surface area contributed by atoms with Gasteiger partial charge in [0.2, 0.25) is 0 Å². The summed E-state index contributed by atoms with van der Waals surface area (Å²) < 4.78 is 5.12. The number of carbonyl (C=O) groups is 2. The van der Waals surface area contributed by atoms with Gasteiger partial charge in [-0.3, -0.25) is 14.6 Å². The number of aromatic nitrogens is 2. The van der Waals surface area contributed by atoms with Gasteiger partial charge in [-0.15, -0.1) is 0 Å². The number of ether oxygens (including phenoxy) is 1. The number of nitrogens with zero attached hydrogens (tertiary/aromatic N) is 2. The molecule has 1 fully saturated rings. The molecule has 1 saturated carbocycles. The molecule has 1 aromatic heterocycles. The van der Waals surface area contributed by atoms with Crippen molar-refractivity contribution in [1.82, 2.24) is 9.97 Å². The highest BCUT2D eigenvalue weighted by molar-refractivity contribution is 6.29. The van der Waals surface area contributed by atoms with Crippen molar-refractivity contribution >= 4 is 23.4 Å². The molecule has 1 aliphatic carbocycles. The van der Waals surface area contributed by atoms with Gasteiger partial charge in [0, 0.05) is 12.8 Å². The van der Waals surface area contributed by atoms with Crippen LogP contribution in [0.4, 0.5) is 0 Å². The molecule has 0 saturated heterocycles. The molecule has 0 bridgehead atoms. The first kappa shape index (κ1) is 14.9. The molecule has 5 nitrogen and oxygen atoms in total. The van der Waals surface area contributed by atoms with E-state index < -0.39 is 11.4 Å². The molecular formula is C14H17ClN2O3. The first-order valence-electron chi connectivity index (χ1n) is 6.75. The van der Waals surface area contributed by atoms with Crippen molar-refractivity contribution in [2.45, 2.75) is 39.0 Å². The molecule has 1 atom stereocenters. The van der Waals surface area contributed by atoms with Gasteiger partial charge in [-0.05, 0) is 19.8 Å². The Balaban J connectivity index is 2.28. The predicted molar refractivity (Wildman–Crippen MR) is 73.3 cm³/mol. The van der Waals surface area contributed by atoms with E-state index in [2.05, 4.69) is 9.97 Å². The number of hydrogen-bond acceptors (Lipinski definition) is 5. The van der Waals surface area contributed by atoms with Gasteiger partial charge in [0.15, 0.2) is 5.78 Å². The van der Waals surface area contributed by atoms with Crippen molar-refractivity contribution < 1.29 is 14.3 Å². The standard InChI is InChI=1S/C14H17ClN2O3/c1-2-20-13(19)14(6-4-3-5-11(14)18)7-10-8-17-12(15)9-16-10/h8-9H,2-7H2,1H3. The highest BCUT2D eigenvalue weighted by Crippen LogP contribution is 2.37. The first-order chi connectivity index (χ1) is 9.58. The van der Waals surface area contributed by atoms with E-state index in [1.807, 2.05) is 0 Å². The van der Waals surface area contributed by atoms with Crippen LogP contribution >= 0.6 is 11.6 Å². The summed E-state index contributed by atoms with van der Waals surface area (Å²) in [5, 5.41) is 0.286. The molecule has 0 aliphatic heterocycles. The molecule has 0 radical (unpaired) electrons. The van der Waals surface area contributed by atoms with E-state index in [9.17, 15) is 9.59 Å². The normalized spacial score (nSPS) is 22.6. The number of hydrogen-bond donors (Lipinski definition) is 0. The van der Waals surface area contributed by atoms with Gasteiger partial charge >= 0.3 is 5.97 Å². The molecule has 0 spiro atoms. The van der Waals surface area contributed by atoms with Gasteiger partial charge < -0.3 is 4.74 Å². The van der Waals surface area contributed by atoms with Gasteiger partial charge in [-0.1, -0.05) is 18.0 Å². The molecule has 0 amide bonds. The monoisotopic (exact) mass is 296 g/mol. The van der Waals surface area contributed by atoms with Crippen LogP contribution in [-0.4, -0.2) is 28.3 Å². The summed E-state index contributed by atoms with van der Waals surface area (Å²) in [5.74, 6) is -0.500. The molecule has 1 unspecified atom stereocenters. The second-order valence-corrected chi connectivity index (χ2v) is 5.33. The summed E-state index contributed by atoms with van der Waals surface area (Å²) in [5.41, 5.74) is -0.519. The average Bonchev–Trinajstić information content (AvgIpc) is 2.44. The van der Waals surface area contributed by atoms with Crippen molar-refractivity contribution in [2.75, 3.05) is 6.61 Å². The number of Topliss-reactive ketones (excluding diaryl/α,β-unsaturated/α-hetero) is 1. The van der Waals surface area contributed by atoms with E-state index in [1.54, 1.807) is 6.92 Å². The van der Waals surface area contributed by atoms with Gasteiger partial charge in [-0.25, -0.2) is 4.98 Å². The number of esters is 1. The zero-order chi connectivity index (χ0) is 14.6. The lowest BCUT2D eigenvalue weighted by molar-refractivity contribution is -0.162. The van der Waals surface area contributed by atoms with Crippen LogP contribution in [0.15, 0.2) is 12.4 Å². The minimum atomic E-state index is -1.10. The van der Waals surface area contributed by atoms with Crippen LogP contribution in [0.3, 0.4) is 0 Å². The Morgan fingerprint density at radius 2 is 2.20 bits per heavy atom. The lowest BCUT2D eigenvalue weighted by Gasteiger charge is -2.32. The zero-order valence-electron chi connectivity index (χ0n) is 11.4. The molecule has 20 heavy (non-hydrogen) atoms. The molecule has 1 aliphatic rings. The van der Waals surface area contributed by atoms with Crippen LogP contribution in [0.1, 0.15) is 38.3 Å². The van der Waals surface area contributed by atoms with Crippen molar-refractivity contribution in [2.24, 2.45) is 5.41 Å². The van der Waals surface area contributed by atoms with Gasteiger partial charge in [0.05, 0.1) is 24.7 Å². The fraction of sp³-hybridized carbons (Fsp3) is 0.571. The summed E-state index contributed by atoms with van der Waals surface area (Å²) >= 11 is 5.70. The third-order valence-corrected chi connectivity index (χ3v) is 3.81. The van der Waals surface area contributed by atoms with Crippen LogP contribution in [0, 0.1) is 5.41 Å². The van der Waals surface area contributed by atoms with Gasteiger partial charge in [-0.2, -0.15) is 0 Å². The Morgan fingerprint density at radius 3 is 2.80 bits per heavy atom. The van der Waals surface area contributed by atoms with Crippen LogP contribution < -0.4 is 0 Å². The largest absolute Gasteiger partial charge is 0.465 e. The van der Waals surface area contributed by atoms with Crippen molar-refractivity contribution in [3.63, 3.8) is 0 Å². The minimum Gasteiger partial charge on any atom is -0.465 e. The van der Waals surface area contributed by atoms with E-state index in [0.717, 1.165) is 12.8 Å². The SMILES string of the molecule is CCOC(=O)C1(Cc2cnc(Cl)cn2)CCCCC1=O. The quantitative estimate of drug-likeness (QED) is 0.630. The lowest BCUT2D eigenvalue weighted by atomic mass is 9.70. The van der Waals surface area contributed by atoms with Crippen LogP contribution in [0.2, 0.25) is 5.15 Å². The summed E-state index contributed by atoms with van der Waals surface area (Å²) in [6, 6.07) is 0. The predicted octanol–water partition coefficient (Wildman–Crippen LogP) is 2.37. The minimum absolute atomic E-state index is 0.0565. The molecular weight excluding hydrogens is 280 g/mol. The van der Waals surface area contributed by atoms with Crippen molar-refractivity contribution in [1.29, 1.82) is 0 Å². The van der Waals surface area contributed by atoms with Crippen LogP contribution in [0.5, 0.6) is 0 Å². The van der Waals surface area contributed by atoms with Gasteiger partial charge in [0.1, 0.15) is 10.6 Å². The summed E-state index contributed by atoms with van der Waals surface area (Å²) in [6.07, 6.45) is 5.75. The smallest absolute Gasteiger partial charge is 0.320 e. The Hall–Kier alpha value is -1.49. The highest BCUT2D eigenvalue weighted by atomic mass is 35.5. The van der Waals surface area contributed by atoms with Crippen molar-refractivity contribution in [3.8, 4) is 0 Å². The number of ketones is 1. The maximum Gasteiger partial charge on any atom is 0.320 e. The van der Waals surface area contributed by atoms with E-state index in [0.29, 0.717) is 18.5 Å². The number of halogens is 1. The Bertz CT molecular complexity index is 504. The summed E-state index contributed by atoms with van der Waals surface area (Å²) in [6.45, 7) is 2.00. The summed E-state index contributed by atoms with van der Waals surface area (Å²) in [4.78, 5) is 32.7. The van der Waals surface area contributed by atoms with E-state index in [4.69, 9.17) is 16.3 Å². The van der Waals surface area contributed by atoms with E-state index in [-0.39, 0.29) is 24.0 Å². The molecule has 0 aromatic carbocycles. The highest BCUT2D eigenvalue weighted by Gasteiger charge is 2.48. The zero-order valence-corrected chi connectivity index (χ0v) is 12.2. The third-order valence-electron chi connectivity index (χ3n) is 3.61. The maximum atomic E-state index is 12.3. The molecule has 1 heterocycles. The topological polar surface area (TPSA) is 69.2 Å². The van der Waals surface area contributed by atoms with Crippen molar-refractivity contribution in [3.05, 3.63) is 23.2 Å². The van der Waals surface area contributed by atoms with Crippen LogP contribution in [-0.2, 0) is 20.7 Å². The molecule has 0 N–H and O–H groups in total. The van der Waals surface area contributed by atoms with E-state index in [1.165, 1.54) is 12.4 Å². The average molecular weight is 297 g/mol. The fourth-order valence-electron chi connectivity index (χ4n) is 2.57. The van der Waals surface area contributed by atoms with Crippen LogP contribution in [0.25, 0.3) is 0 Å². The van der Waals surface area contributed by atoms with Gasteiger partial charge in [0.25, 0.3) is 0 Å². The Morgan fingerprint density at radius 1 is 1.40 bits per heavy atom. The summed E-state index contributed by atoms with van der Waals surface area (Å²) in [7, 11) is 0. The molecule has 2 rings (SSSR count). The number of carbonyl (C=O) groups excluding carboxylic acids is 2. The maximum absolute atomic E-state index is 12.3. The third kappa shape index (κ3) is 2.98. The first-order valence-corrected chi connectivity index (χ1v) is 7.13. The van der Waals surface area contributed by atoms with E-state index >= 15 is 0 Å². The second-order valence-electron chi connectivity index (χ2n) is 4.94. The number of rotatable bonds is 4. The molecule has 1 aromatic rings. The Labute approximate surface area is 122 Å². The molecule has 6 heteroatoms. The molecule has 108 valence electrons. The Kier molecular flexibility index (Phi) is 4.70. The fourth-order valence-corrected chi connectivity index (χ4v) is 2.67. The lowest BCUT2D eigenvalue weighted by Crippen LogP contribution is -2.44.